The Morgan fingerprint density at radius 3 is 0.678 bits per heavy atom. The molecule has 18 aromatic carbocycles. The van der Waals surface area contributed by atoms with Crippen LogP contribution in [0, 0.1) is 0 Å². The maximum Gasteiger partial charge on any atom is 0.164 e. The van der Waals surface area contributed by atoms with Gasteiger partial charge in [0.15, 0.2) is 23.3 Å². The first kappa shape index (κ1) is 70.1. The highest BCUT2D eigenvalue weighted by Crippen LogP contribution is 2.47. The molecular formula is C111H71N5O2. The Balaban J connectivity index is 0.000000147. The molecule has 0 unspecified atom stereocenters. The van der Waals surface area contributed by atoms with Gasteiger partial charge in [-0.3, -0.25) is 0 Å². The van der Waals surface area contributed by atoms with Crippen molar-refractivity contribution in [1.29, 1.82) is 0 Å². The lowest BCUT2D eigenvalue weighted by atomic mass is 9.93. The van der Waals surface area contributed by atoms with Crippen molar-refractivity contribution in [2.45, 2.75) is 0 Å². The van der Waals surface area contributed by atoms with Crippen molar-refractivity contribution in [3.63, 3.8) is 0 Å². The van der Waals surface area contributed by atoms with Crippen molar-refractivity contribution >= 4 is 65.4 Å². The predicted octanol–water partition coefficient (Wildman–Crippen LogP) is 29.8. The lowest BCUT2D eigenvalue weighted by molar-refractivity contribution is 0.672. The molecule has 0 atom stereocenters. The van der Waals surface area contributed by atoms with Crippen LogP contribution in [0.15, 0.2) is 440 Å². The number of hydrogen-bond acceptors (Lipinski definition) is 7. The quantitative estimate of drug-likeness (QED) is 0.107. The number of fused-ring (bicyclic) bond motifs is 10. The second-order valence-corrected chi connectivity index (χ2v) is 29.7. The molecular weight excluding hydrogens is 1440 g/mol. The first-order valence-corrected chi connectivity index (χ1v) is 39.8. The van der Waals surface area contributed by atoms with Crippen LogP contribution in [0.2, 0.25) is 0 Å². The molecule has 0 aliphatic rings. The molecule has 7 nitrogen and oxygen atoms in total. The average Bonchev–Trinajstić information content (AvgIpc) is 1.57. The highest BCUT2D eigenvalue weighted by molar-refractivity contribution is 6.24. The van der Waals surface area contributed by atoms with Crippen molar-refractivity contribution in [3.8, 4) is 157 Å². The van der Waals surface area contributed by atoms with Gasteiger partial charge in [0, 0.05) is 65.7 Å². The summed E-state index contributed by atoms with van der Waals surface area (Å²) in [5.74, 6) is 2.54. The summed E-state index contributed by atoms with van der Waals surface area (Å²) in [5.41, 5.74) is 29.5. The third-order valence-corrected chi connectivity index (χ3v) is 22.5. The molecule has 0 N–H and O–H groups in total. The first-order chi connectivity index (χ1) is 58.5. The standard InChI is InChI=1S/C56H36N2O.C55H35N3O/c1-4-13-37(14-5-1)39-23-29-43(30-24-39)51-36-52(58-56(57-51)45-33-25-40(26-34-45)38-15-6-2-7-16-38)44-31-27-42(28-32-44)46-21-12-22-53-54(46)50-35-49(41-17-8-3-9-18-41)47-19-10-11-20-48(47)55(50)59-53;1-4-13-36(14-5-1)38-23-29-42(30-24-38)53-56-54(43-31-25-39(26-32-43)37-15-6-2-7-16-37)58-55(57-53)44-33-27-41(28-34-44)45-21-12-22-50-51(45)49-35-48(40-17-8-3-9-18-40)46-19-10-11-20-47(46)52(49)59-50/h1-36H;1-35H. The lowest BCUT2D eigenvalue weighted by Gasteiger charge is -2.12. The fourth-order valence-corrected chi connectivity index (χ4v) is 16.5. The molecule has 0 aliphatic heterocycles. The van der Waals surface area contributed by atoms with Crippen LogP contribution >= 0.6 is 0 Å². The van der Waals surface area contributed by atoms with E-state index in [2.05, 4.69) is 406 Å². The van der Waals surface area contributed by atoms with Crippen LogP contribution < -0.4 is 0 Å². The molecule has 0 saturated carbocycles. The van der Waals surface area contributed by atoms with Crippen LogP contribution in [-0.4, -0.2) is 24.9 Å². The summed E-state index contributed by atoms with van der Waals surface area (Å²) >= 11 is 0. The van der Waals surface area contributed by atoms with Crippen molar-refractivity contribution in [3.05, 3.63) is 431 Å². The van der Waals surface area contributed by atoms with Gasteiger partial charge in [-0.05, 0) is 130 Å². The van der Waals surface area contributed by atoms with Crippen LogP contribution in [0.5, 0.6) is 0 Å². The van der Waals surface area contributed by atoms with E-state index in [-0.39, 0.29) is 0 Å². The maximum absolute atomic E-state index is 6.67. The Bertz CT molecular complexity index is 6780. The van der Waals surface area contributed by atoms with Gasteiger partial charge in [0.2, 0.25) is 0 Å². The Morgan fingerprint density at radius 2 is 0.373 bits per heavy atom. The highest BCUT2D eigenvalue weighted by atomic mass is 16.3. The van der Waals surface area contributed by atoms with Crippen LogP contribution in [-0.2, 0) is 0 Å². The van der Waals surface area contributed by atoms with E-state index in [1.54, 1.807) is 0 Å². The van der Waals surface area contributed by atoms with Crippen LogP contribution in [0.3, 0.4) is 0 Å². The Labute approximate surface area is 682 Å². The molecule has 0 aliphatic carbocycles. The zero-order valence-electron chi connectivity index (χ0n) is 64.0. The van der Waals surface area contributed by atoms with Gasteiger partial charge < -0.3 is 8.83 Å². The van der Waals surface area contributed by atoms with Crippen molar-refractivity contribution in [2.75, 3.05) is 0 Å². The van der Waals surface area contributed by atoms with Gasteiger partial charge in [-0.25, -0.2) is 24.9 Å². The normalized spacial score (nSPS) is 11.4. The van der Waals surface area contributed by atoms with E-state index in [4.69, 9.17) is 33.8 Å². The molecule has 7 heteroatoms. The minimum absolute atomic E-state index is 0.613. The molecule has 0 amide bonds. The summed E-state index contributed by atoms with van der Waals surface area (Å²) in [6.45, 7) is 0. The largest absolute Gasteiger partial charge is 0.455 e. The van der Waals surface area contributed by atoms with E-state index in [1.165, 1.54) is 60.8 Å². The van der Waals surface area contributed by atoms with Crippen molar-refractivity contribution in [1.82, 2.24) is 24.9 Å². The van der Waals surface area contributed by atoms with Gasteiger partial charge in [-0.15, -0.1) is 0 Å². The van der Waals surface area contributed by atoms with Gasteiger partial charge in [-0.2, -0.15) is 0 Å². The summed E-state index contributed by atoms with van der Waals surface area (Å²) in [6, 6.07) is 151. The summed E-state index contributed by atoms with van der Waals surface area (Å²) in [6.07, 6.45) is 0. The van der Waals surface area contributed by atoms with E-state index in [9.17, 15) is 0 Å². The van der Waals surface area contributed by atoms with Gasteiger partial charge in [-0.1, -0.05) is 400 Å². The number of aromatic nitrogens is 5. The Hall–Kier alpha value is -15.8. The van der Waals surface area contributed by atoms with Gasteiger partial charge in [0.05, 0.1) is 11.4 Å². The van der Waals surface area contributed by atoms with E-state index in [0.717, 1.165) is 138 Å². The van der Waals surface area contributed by atoms with Crippen molar-refractivity contribution < 1.29 is 8.83 Å². The Kier molecular flexibility index (Phi) is 18.2. The second-order valence-electron chi connectivity index (χ2n) is 29.7. The van der Waals surface area contributed by atoms with E-state index >= 15 is 0 Å². The molecule has 0 bridgehead atoms. The molecule has 4 heterocycles. The predicted molar refractivity (Wildman–Crippen MR) is 488 cm³/mol. The topological polar surface area (TPSA) is 90.7 Å². The lowest BCUT2D eigenvalue weighted by Crippen LogP contribution is -2.00. The minimum Gasteiger partial charge on any atom is -0.455 e. The van der Waals surface area contributed by atoms with E-state index < -0.39 is 0 Å². The number of furan rings is 2. The SMILES string of the molecule is c1ccc(-c2ccc(-c3cc(-c4ccc(-c5cccc6oc7c8ccccc8c(-c8ccccc8)cc7c56)cc4)nc(-c4ccc(-c5ccccc5)cc4)n3)cc2)cc1.c1ccc(-c2ccc(-c3nc(-c4ccc(-c5ccccc5)cc4)nc(-c4ccc(-c5cccc6oc7c8ccccc8c(-c8ccccc8)cc7c56)cc4)n3)cc2)cc1. The fourth-order valence-electron chi connectivity index (χ4n) is 16.5. The van der Waals surface area contributed by atoms with E-state index in [0.29, 0.717) is 23.3 Å². The molecule has 22 rings (SSSR count). The van der Waals surface area contributed by atoms with Crippen molar-refractivity contribution in [2.24, 2.45) is 0 Å². The maximum atomic E-state index is 6.67. The molecule has 4 aromatic heterocycles. The monoisotopic (exact) mass is 1510 g/mol. The van der Waals surface area contributed by atoms with E-state index in [1.807, 2.05) is 24.3 Å². The molecule has 0 spiro atoms. The van der Waals surface area contributed by atoms with Crippen LogP contribution in [0.1, 0.15) is 0 Å². The third-order valence-electron chi connectivity index (χ3n) is 22.5. The molecule has 0 radical (unpaired) electrons. The molecule has 0 fully saturated rings. The number of rotatable bonds is 14. The second kappa shape index (κ2) is 30.6. The summed E-state index contributed by atoms with van der Waals surface area (Å²) in [4.78, 5) is 25.6. The smallest absolute Gasteiger partial charge is 0.164 e. The van der Waals surface area contributed by atoms with Crippen LogP contribution in [0.4, 0.5) is 0 Å². The number of nitrogens with zero attached hydrogens (tertiary/aromatic N) is 5. The molecule has 552 valence electrons. The first-order valence-electron chi connectivity index (χ1n) is 39.8. The number of hydrogen-bond donors (Lipinski definition) is 0. The van der Waals surface area contributed by atoms with Crippen LogP contribution in [0.25, 0.3) is 223 Å². The minimum atomic E-state index is 0.613. The molecule has 118 heavy (non-hydrogen) atoms. The summed E-state index contributed by atoms with van der Waals surface area (Å²) in [7, 11) is 0. The zero-order valence-corrected chi connectivity index (χ0v) is 64.0. The molecule has 0 saturated heterocycles. The fraction of sp³-hybridized carbons (Fsp3) is 0. The summed E-state index contributed by atoms with van der Waals surface area (Å²) < 4.78 is 13.3. The molecule has 22 aromatic rings. The summed E-state index contributed by atoms with van der Waals surface area (Å²) in [5, 5.41) is 8.99. The average molecular weight is 1510 g/mol. The zero-order chi connectivity index (χ0) is 78.2. The van der Waals surface area contributed by atoms with Gasteiger partial charge >= 0.3 is 0 Å². The van der Waals surface area contributed by atoms with Gasteiger partial charge in [0.1, 0.15) is 22.3 Å². The highest BCUT2D eigenvalue weighted by Gasteiger charge is 2.23. The Morgan fingerprint density at radius 1 is 0.144 bits per heavy atom. The van der Waals surface area contributed by atoms with Gasteiger partial charge in [0.25, 0.3) is 0 Å². The third kappa shape index (κ3) is 13.5. The number of benzene rings is 18.